The summed E-state index contributed by atoms with van der Waals surface area (Å²) in [5.74, 6) is 1.38. The SMILES string of the molecule is CC/C=C\N1CC2CCCCC2C1=O. The molecule has 2 nitrogen and oxygen atoms in total. The maximum atomic E-state index is 11.9. The van der Waals surface area contributed by atoms with Crippen LogP contribution in [-0.4, -0.2) is 17.4 Å². The first-order chi connectivity index (χ1) is 6.83. The second-order valence-electron chi connectivity index (χ2n) is 4.43. The smallest absolute Gasteiger partial charge is 0.229 e. The van der Waals surface area contributed by atoms with Crippen molar-refractivity contribution in [3.8, 4) is 0 Å². The zero-order valence-corrected chi connectivity index (χ0v) is 8.91. The van der Waals surface area contributed by atoms with Crippen molar-refractivity contribution in [1.82, 2.24) is 4.90 Å². The van der Waals surface area contributed by atoms with Gasteiger partial charge in [-0.05, 0) is 25.2 Å². The minimum Gasteiger partial charge on any atom is -0.319 e. The Balaban J connectivity index is 2.02. The predicted octanol–water partition coefficient (Wildman–Crippen LogP) is 2.56. The summed E-state index contributed by atoms with van der Waals surface area (Å²) in [5.41, 5.74) is 0. The van der Waals surface area contributed by atoms with Crippen LogP contribution in [-0.2, 0) is 4.79 Å². The Morgan fingerprint density at radius 1 is 1.43 bits per heavy atom. The van der Waals surface area contributed by atoms with Crippen molar-refractivity contribution in [2.75, 3.05) is 6.54 Å². The standard InChI is InChI=1S/C12H19NO/c1-2-3-8-13-9-10-6-4-5-7-11(10)12(13)14/h3,8,10-11H,2,4-7,9H2,1H3/b8-3-. The molecular weight excluding hydrogens is 174 g/mol. The van der Waals surface area contributed by atoms with Crippen LogP contribution in [0.4, 0.5) is 0 Å². The van der Waals surface area contributed by atoms with Crippen molar-refractivity contribution in [3.05, 3.63) is 12.3 Å². The molecule has 0 aromatic rings. The van der Waals surface area contributed by atoms with Crippen LogP contribution in [0, 0.1) is 11.8 Å². The van der Waals surface area contributed by atoms with Crippen LogP contribution in [0.3, 0.4) is 0 Å². The lowest BCUT2D eigenvalue weighted by Crippen LogP contribution is -2.22. The fourth-order valence-electron chi connectivity index (χ4n) is 2.67. The van der Waals surface area contributed by atoms with Gasteiger partial charge >= 0.3 is 0 Å². The summed E-state index contributed by atoms with van der Waals surface area (Å²) in [7, 11) is 0. The third kappa shape index (κ3) is 1.70. The van der Waals surface area contributed by atoms with E-state index in [0.29, 0.717) is 17.7 Å². The van der Waals surface area contributed by atoms with E-state index in [4.69, 9.17) is 0 Å². The summed E-state index contributed by atoms with van der Waals surface area (Å²) in [4.78, 5) is 13.9. The van der Waals surface area contributed by atoms with E-state index in [9.17, 15) is 4.79 Å². The predicted molar refractivity (Wildman–Crippen MR) is 56.6 cm³/mol. The first-order valence-electron chi connectivity index (χ1n) is 5.80. The quantitative estimate of drug-likeness (QED) is 0.660. The summed E-state index contributed by atoms with van der Waals surface area (Å²) in [6, 6.07) is 0. The Morgan fingerprint density at radius 2 is 2.21 bits per heavy atom. The molecule has 0 spiro atoms. The van der Waals surface area contributed by atoms with Gasteiger partial charge in [-0.25, -0.2) is 0 Å². The number of carbonyl (C=O) groups excluding carboxylic acids is 1. The van der Waals surface area contributed by atoms with Gasteiger partial charge in [-0.2, -0.15) is 0 Å². The van der Waals surface area contributed by atoms with Gasteiger partial charge in [0.1, 0.15) is 0 Å². The number of fused-ring (bicyclic) bond motifs is 1. The lowest BCUT2D eigenvalue weighted by atomic mass is 9.81. The zero-order chi connectivity index (χ0) is 9.97. The van der Waals surface area contributed by atoms with Crippen LogP contribution in [0.2, 0.25) is 0 Å². The third-order valence-electron chi connectivity index (χ3n) is 3.46. The van der Waals surface area contributed by atoms with E-state index in [1.165, 1.54) is 19.3 Å². The molecule has 1 saturated carbocycles. The Morgan fingerprint density at radius 3 is 2.93 bits per heavy atom. The lowest BCUT2D eigenvalue weighted by molar-refractivity contribution is -0.129. The summed E-state index contributed by atoms with van der Waals surface area (Å²) < 4.78 is 0. The maximum Gasteiger partial charge on any atom is 0.229 e. The number of hydrogen-bond donors (Lipinski definition) is 0. The monoisotopic (exact) mass is 193 g/mol. The minimum absolute atomic E-state index is 0.352. The van der Waals surface area contributed by atoms with Crippen LogP contribution in [0.1, 0.15) is 39.0 Å². The van der Waals surface area contributed by atoms with Gasteiger partial charge in [0.05, 0.1) is 0 Å². The molecule has 2 atom stereocenters. The van der Waals surface area contributed by atoms with Crippen molar-refractivity contribution >= 4 is 5.91 Å². The Labute approximate surface area is 86.0 Å². The van der Waals surface area contributed by atoms with E-state index in [-0.39, 0.29) is 0 Å². The molecule has 78 valence electrons. The highest BCUT2D eigenvalue weighted by Gasteiger charge is 2.40. The first-order valence-corrected chi connectivity index (χ1v) is 5.80. The highest BCUT2D eigenvalue weighted by atomic mass is 16.2. The molecule has 1 heterocycles. The van der Waals surface area contributed by atoms with Gasteiger partial charge in [0.15, 0.2) is 0 Å². The van der Waals surface area contributed by atoms with Crippen LogP contribution in [0.25, 0.3) is 0 Å². The van der Waals surface area contributed by atoms with Gasteiger partial charge in [-0.3, -0.25) is 4.79 Å². The number of allylic oxidation sites excluding steroid dienone is 1. The highest BCUT2D eigenvalue weighted by Crippen LogP contribution is 2.36. The van der Waals surface area contributed by atoms with Crippen LogP contribution in [0.15, 0.2) is 12.3 Å². The summed E-state index contributed by atoms with van der Waals surface area (Å²) in [6.45, 7) is 3.07. The van der Waals surface area contributed by atoms with Crippen molar-refractivity contribution in [3.63, 3.8) is 0 Å². The topological polar surface area (TPSA) is 20.3 Å². The Bertz CT molecular complexity index is 247. The van der Waals surface area contributed by atoms with E-state index in [0.717, 1.165) is 19.4 Å². The van der Waals surface area contributed by atoms with Crippen molar-refractivity contribution in [1.29, 1.82) is 0 Å². The number of hydrogen-bond acceptors (Lipinski definition) is 1. The second kappa shape index (κ2) is 4.16. The van der Waals surface area contributed by atoms with Crippen LogP contribution in [0.5, 0.6) is 0 Å². The average Bonchev–Trinajstić information content (AvgIpc) is 2.54. The maximum absolute atomic E-state index is 11.9. The number of amides is 1. The number of carbonyl (C=O) groups is 1. The third-order valence-corrected chi connectivity index (χ3v) is 3.46. The van der Waals surface area contributed by atoms with Gasteiger partial charge in [-0.15, -0.1) is 0 Å². The molecule has 0 radical (unpaired) electrons. The molecule has 0 N–H and O–H groups in total. The van der Waals surface area contributed by atoms with Crippen molar-refractivity contribution < 1.29 is 4.79 Å². The molecule has 2 aliphatic rings. The molecule has 0 aromatic heterocycles. The van der Waals surface area contributed by atoms with E-state index in [1.807, 2.05) is 11.1 Å². The summed E-state index contributed by atoms with van der Waals surface area (Å²) in [6.07, 6.45) is 10.0. The fraction of sp³-hybridized carbons (Fsp3) is 0.750. The Kier molecular flexibility index (Phi) is 2.90. The van der Waals surface area contributed by atoms with Gasteiger partial charge < -0.3 is 4.90 Å². The van der Waals surface area contributed by atoms with Crippen LogP contribution >= 0.6 is 0 Å². The molecule has 1 aliphatic heterocycles. The molecule has 1 amide bonds. The fourth-order valence-corrected chi connectivity index (χ4v) is 2.67. The molecule has 1 aliphatic carbocycles. The van der Waals surface area contributed by atoms with E-state index in [2.05, 4.69) is 13.0 Å². The van der Waals surface area contributed by atoms with Crippen LogP contribution < -0.4 is 0 Å². The molecule has 14 heavy (non-hydrogen) atoms. The number of nitrogens with zero attached hydrogens (tertiary/aromatic N) is 1. The normalized spacial score (nSPS) is 32.6. The number of likely N-dealkylation sites (tertiary alicyclic amines) is 1. The Hall–Kier alpha value is -0.790. The molecule has 2 rings (SSSR count). The zero-order valence-electron chi connectivity index (χ0n) is 8.91. The van der Waals surface area contributed by atoms with Gasteiger partial charge in [-0.1, -0.05) is 25.8 Å². The number of rotatable bonds is 2. The minimum atomic E-state index is 0.352. The molecule has 0 aromatic carbocycles. The highest BCUT2D eigenvalue weighted by molar-refractivity contribution is 5.82. The largest absolute Gasteiger partial charge is 0.319 e. The molecule has 1 saturated heterocycles. The first kappa shape index (κ1) is 9.75. The molecule has 2 heteroatoms. The molecular formula is C12H19NO. The molecule has 0 bridgehead atoms. The van der Waals surface area contributed by atoms with E-state index < -0.39 is 0 Å². The summed E-state index contributed by atoms with van der Waals surface area (Å²) in [5, 5.41) is 0. The molecule has 2 unspecified atom stereocenters. The van der Waals surface area contributed by atoms with Gasteiger partial charge in [0.2, 0.25) is 5.91 Å². The van der Waals surface area contributed by atoms with Crippen molar-refractivity contribution in [2.45, 2.75) is 39.0 Å². The van der Waals surface area contributed by atoms with Gasteiger partial charge in [0.25, 0.3) is 0 Å². The van der Waals surface area contributed by atoms with Crippen molar-refractivity contribution in [2.24, 2.45) is 11.8 Å². The van der Waals surface area contributed by atoms with E-state index >= 15 is 0 Å². The van der Waals surface area contributed by atoms with Gasteiger partial charge in [0, 0.05) is 18.7 Å². The lowest BCUT2D eigenvalue weighted by Gasteiger charge is -2.21. The summed E-state index contributed by atoms with van der Waals surface area (Å²) >= 11 is 0. The molecule has 2 fully saturated rings. The second-order valence-corrected chi connectivity index (χ2v) is 4.43. The average molecular weight is 193 g/mol. The van der Waals surface area contributed by atoms with E-state index in [1.54, 1.807) is 0 Å².